The normalized spacial score (nSPS) is 12.6. The van der Waals surface area contributed by atoms with E-state index in [2.05, 4.69) is 29.4 Å². The fourth-order valence-corrected chi connectivity index (χ4v) is 2.70. The second kappa shape index (κ2) is 7.41. The number of aromatic nitrogens is 1. The van der Waals surface area contributed by atoms with Gasteiger partial charge in [0.25, 0.3) is 0 Å². The molecule has 1 atom stereocenters. The zero-order chi connectivity index (χ0) is 14.4. The molecule has 4 heteroatoms. The second-order valence-electron chi connectivity index (χ2n) is 5.22. The maximum absolute atomic E-state index is 5.71. The minimum Gasteiger partial charge on any atom is -0.491 e. The molecule has 2 rings (SSSR count). The Balaban J connectivity index is 1.82. The molecular formula is C16H22N2OS. The number of hydrogen-bond donors (Lipinski definition) is 1. The molecular weight excluding hydrogens is 268 g/mol. The number of ether oxygens (including phenoxy) is 1. The van der Waals surface area contributed by atoms with Crippen LogP contribution in [0.3, 0.4) is 0 Å². The van der Waals surface area contributed by atoms with Gasteiger partial charge in [-0.15, -0.1) is 11.3 Å². The topological polar surface area (TPSA) is 34.1 Å². The third kappa shape index (κ3) is 4.62. The molecule has 1 heterocycles. The highest BCUT2D eigenvalue weighted by molar-refractivity contribution is 7.09. The van der Waals surface area contributed by atoms with Gasteiger partial charge in [-0.05, 0) is 31.5 Å². The maximum Gasteiger partial charge on any atom is 0.120 e. The van der Waals surface area contributed by atoms with E-state index in [-0.39, 0.29) is 6.10 Å². The van der Waals surface area contributed by atoms with Crippen molar-refractivity contribution in [1.82, 2.24) is 10.3 Å². The van der Waals surface area contributed by atoms with E-state index in [1.165, 1.54) is 10.6 Å². The van der Waals surface area contributed by atoms with Gasteiger partial charge in [0, 0.05) is 30.6 Å². The molecule has 0 aliphatic rings. The van der Waals surface area contributed by atoms with Crippen molar-refractivity contribution in [3.05, 3.63) is 46.4 Å². The van der Waals surface area contributed by atoms with E-state index >= 15 is 0 Å². The molecule has 3 nitrogen and oxygen atoms in total. The van der Waals surface area contributed by atoms with Crippen LogP contribution in [0.2, 0.25) is 0 Å². The number of nitrogens with one attached hydrogen (secondary N) is 1. The first-order chi connectivity index (χ1) is 9.65. The largest absolute Gasteiger partial charge is 0.491 e. The molecule has 0 aliphatic heterocycles. The van der Waals surface area contributed by atoms with Gasteiger partial charge in [-0.25, -0.2) is 4.98 Å². The molecule has 1 aromatic heterocycles. The third-order valence-corrected chi connectivity index (χ3v) is 3.93. The zero-order valence-corrected chi connectivity index (χ0v) is 13.1. The summed E-state index contributed by atoms with van der Waals surface area (Å²) in [5.74, 6) is 1.39. The molecule has 0 aliphatic carbocycles. The van der Waals surface area contributed by atoms with Gasteiger partial charge < -0.3 is 10.1 Å². The molecule has 1 unspecified atom stereocenters. The van der Waals surface area contributed by atoms with Crippen molar-refractivity contribution in [1.29, 1.82) is 0 Å². The Hall–Kier alpha value is -1.39. The molecule has 108 valence electrons. The van der Waals surface area contributed by atoms with Crippen LogP contribution in [0.1, 0.15) is 37.3 Å². The van der Waals surface area contributed by atoms with Crippen LogP contribution in [0.25, 0.3) is 0 Å². The Morgan fingerprint density at radius 1 is 1.30 bits per heavy atom. The summed E-state index contributed by atoms with van der Waals surface area (Å²) in [5.41, 5.74) is 1.24. The van der Waals surface area contributed by atoms with E-state index in [0.29, 0.717) is 5.92 Å². The summed E-state index contributed by atoms with van der Waals surface area (Å²) >= 11 is 1.72. The van der Waals surface area contributed by atoms with Crippen molar-refractivity contribution in [2.45, 2.75) is 39.3 Å². The second-order valence-corrected chi connectivity index (χ2v) is 6.14. The minimum absolute atomic E-state index is 0.211. The van der Waals surface area contributed by atoms with Crippen molar-refractivity contribution < 1.29 is 4.74 Å². The lowest BCUT2D eigenvalue weighted by molar-refractivity contribution is 0.242. The summed E-state index contributed by atoms with van der Waals surface area (Å²) in [4.78, 5) is 4.35. The van der Waals surface area contributed by atoms with Crippen LogP contribution in [-0.2, 0) is 6.54 Å². The first-order valence-corrected chi connectivity index (χ1v) is 7.89. The van der Waals surface area contributed by atoms with E-state index in [9.17, 15) is 0 Å². The van der Waals surface area contributed by atoms with Crippen LogP contribution < -0.4 is 10.1 Å². The van der Waals surface area contributed by atoms with Crippen LogP contribution in [0.4, 0.5) is 0 Å². The van der Waals surface area contributed by atoms with Gasteiger partial charge in [-0.3, -0.25) is 0 Å². The van der Waals surface area contributed by atoms with Crippen LogP contribution >= 0.6 is 11.3 Å². The van der Waals surface area contributed by atoms with Crippen molar-refractivity contribution >= 4 is 11.3 Å². The van der Waals surface area contributed by atoms with Gasteiger partial charge in [-0.1, -0.05) is 19.1 Å². The van der Waals surface area contributed by atoms with E-state index < -0.39 is 0 Å². The number of hydrogen-bond acceptors (Lipinski definition) is 4. The lowest BCUT2D eigenvalue weighted by Crippen LogP contribution is -2.19. The third-order valence-electron chi connectivity index (χ3n) is 2.92. The molecule has 1 aromatic carbocycles. The molecule has 2 aromatic rings. The Morgan fingerprint density at radius 2 is 2.15 bits per heavy atom. The van der Waals surface area contributed by atoms with E-state index in [4.69, 9.17) is 4.74 Å². The number of nitrogens with zero attached hydrogens (tertiary/aromatic N) is 1. The molecule has 0 bridgehead atoms. The van der Waals surface area contributed by atoms with Crippen molar-refractivity contribution in [2.75, 3.05) is 6.54 Å². The highest BCUT2D eigenvalue weighted by atomic mass is 32.1. The summed E-state index contributed by atoms with van der Waals surface area (Å²) in [7, 11) is 0. The van der Waals surface area contributed by atoms with Crippen molar-refractivity contribution in [2.24, 2.45) is 0 Å². The predicted octanol–water partition coefficient (Wildman–Crippen LogP) is 3.82. The predicted molar refractivity (Wildman–Crippen MR) is 84.4 cm³/mol. The van der Waals surface area contributed by atoms with Crippen molar-refractivity contribution in [3.63, 3.8) is 0 Å². The van der Waals surface area contributed by atoms with Gasteiger partial charge in [0.2, 0.25) is 0 Å². The SMILES string of the molecule is CC(C)Oc1cccc(CNCC(C)c2nccs2)c1. The first kappa shape index (κ1) is 15.0. The fourth-order valence-electron chi connectivity index (χ4n) is 2.00. The molecule has 0 spiro atoms. The summed E-state index contributed by atoms with van der Waals surface area (Å²) in [6, 6.07) is 8.26. The maximum atomic E-state index is 5.71. The van der Waals surface area contributed by atoms with E-state index in [0.717, 1.165) is 18.8 Å². The van der Waals surface area contributed by atoms with Crippen LogP contribution in [0.15, 0.2) is 35.8 Å². The fraction of sp³-hybridized carbons (Fsp3) is 0.438. The van der Waals surface area contributed by atoms with E-state index in [1.54, 1.807) is 11.3 Å². The smallest absolute Gasteiger partial charge is 0.120 e. The Kier molecular flexibility index (Phi) is 5.56. The first-order valence-electron chi connectivity index (χ1n) is 7.01. The van der Waals surface area contributed by atoms with E-state index in [1.807, 2.05) is 37.6 Å². The number of benzene rings is 1. The Morgan fingerprint density at radius 3 is 2.85 bits per heavy atom. The quantitative estimate of drug-likeness (QED) is 0.841. The average molecular weight is 290 g/mol. The van der Waals surface area contributed by atoms with Crippen LogP contribution in [-0.4, -0.2) is 17.6 Å². The zero-order valence-electron chi connectivity index (χ0n) is 12.3. The summed E-state index contributed by atoms with van der Waals surface area (Å²) in [6.45, 7) is 8.07. The van der Waals surface area contributed by atoms with Gasteiger partial charge in [0.15, 0.2) is 0 Å². The molecule has 0 saturated carbocycles. The van der Waals surface area contributed by atoms with Crippen LogP contribution in [0, 0.1) is 0 Å². The van der Waals surface area contributed by atoms with Gasteiger partial charge >= 0.3 is 0 Å². The van der Waals surface area contributed by atoms with Gasteiger partial charge in [0.1, 0.15) is 5.75 Å². The summed E-state index contributed by atoms with van der Waals surface area (Å²) in [5, 5.41) is 6.70. The summed E-state index contributed by atoms with van der Waals surface area (Å²) < 4.78 is 5.71. The molecule has 20 heavy (non-hydrogen) atoms. The minimum atomic E-state index is 0.211. The Labute approximate surface area is 125 Å². The molecule has 0 radical (unpaired) electrons. The lowest BCUT2D eigenvalue weighted by atomic mass is 10.1. The standard InChI is InChI=1S/C16H22N2OS/c1-12(2)19-15-6-4-5-14(9-15)11-17-10-13(3)16-18-7-8-20-16/h4-9,12-13,17H,10-11H2,1-3H3. The molecule has 0 amide bonds. The van der Waals surface area contributed by atoms with Crippen molar-refractivity contribution in [3.8, 4) is 5.75 Å². The lowest BCUT2D eigenvalue weighted by Gasteiger charge is -2.12. The highest BCUT2D eigenvalue weighted by Crippen LogP contribution is 2.17. The molecule has 0 fully saturated rings. The number of thiazole rings is 1. The highest BCUT2D eigenvalue weighted by Gasteiger charge is 2.07. The van der Waals surface area contributed by atoms with Gasteiger partial charge in [0.05, 0.1) is 11.1 Å². The van der Waals surface area contributed by atoms with Gasteiger partial charge in [-0.2, -0.15) is 0 Å². The average Bonchev–Trinajstić information content (AvgIpc) is 2.92. The van der Waals surface area contributed by atoms with Crippen LogP contribution in [0.5, 0.6) is 5.75 Å². The number of rotatable bonds is 7. The molecule has 1 N–H and O–H groups in total. The monoisotopic (exact) mass is 290 g/mol. The summed E-state index contributed by atoms with van der Waals surface area (Å²) in [6.07, 6.45) is 2.08. The Bertz CT molecular complexity index is 511. The molecule has 0 saturated heterocycles.